The third-order valence-corrected chi connectivity index (χ3v) is 11.9. The normalized spacial score (nSPS) is 17.0. The summed E-state index contributed by atoms with van der Waals surface area (Å²) >= 11 is 16.5. The van der Waals surface area contributed by atoms with Crippen LogP contribution < -0.4 is 0 Å². The van der Waals surface area contributed by atoms with Crippen molar-refractivity contribution >= 4 is 57.8 Å². The molecule has 0 fully saturated rings. The van der Waals surface area contributed by atoms with Crippen molar-refractivity contribution in [3.05, 3.63) is 113 Å². The molecule has 0 spiro atoms. The van der Waals surface area contributed by atoms with Crippen molar-refractivity contribution in [3.63, 3.8) is 0 Å². The lowest BCUT2D eigenvalue weighted by atomic mass is 10.0. The second kappa shape index (κ2) is 19.0. The monoisotopic (exact) mass is 784 g/mol. The van der Waals surface area contributed by atoms with E-state index in [1.54, 1.807) is 22.7 Å². The first-order valence-electron chi connectivity index (χ1n) is 17.7. The van der Waals surface area contributed by atoms with Gasteiger partial charge in [0.15, 0.2) is 0 Å². The third kappa shape index (κ3) is 10.7. The van der Waals surface area contributed by atoms with Gasteiger partial charge in [-0.1, -0.05) is 59.6 Å². The smallest absolute Gasteiger partial charge is 0.328 e. The van der Waals surface area contributed by atoms with Crippen LogP contribution in [-0.2, 0) is 45.0 Å². The molecule has 0 aliphatic carbocycles. The highest BCUT2D eigenvalue weighted by Crippen LogP contribution is 2.36. The Hall–Kier alpha value is -2.80. The number of likely N-dealkylation sites (N-methyl/N-ethyl adjacent to an activating group) is 2. The van der Waals surface area contributed by atoms with Gasteiger partial charge in [-0.25, -0.2) is 9.59 Å². The highest BCUT2D eigenvalue weighted by atomic mass is 35.5. The van der Waals surface area contributed by atoms with Crippen LogP contribution in [0.2, 0.25) is 10.0 Å². The van der Waals surface area contributed by atoms with E-state index in [4.69, 9.17) is 32.7 Å². The third-order valence-electron chi connectivity index (χ3n) is 9.13. The fourth-order valence-electron chi connectivity index (χ4n) is 6.95. The van der Waals surface area contributed by atoms with E-state index < -0.39 is 12.1 Å². The Labute approximate surface area is 326 Å². The molecule has 2 aliphatic heterocycles. The lowest BCUT2D eigenvalue weighted by Crippen LogP contribution is -2.40. The first kappa shape index (κ1) is 40.4. The quantitative estimate of drug-likeness (QED) is 0.134. The molecule has 0 bridgehead atoms. The fourth-order valence-corrected chi connectivity index (χ4v) is 9.21. The molecule has 0 N–H and O–H groups in total. The van der Waals surface area contributed by atoms with Gasteiger partial charge in [-0.15, -0.1) is 22.7 Å². The molecule has 0 amide bonds. The van der Waals surface area contributed by atoms with Gasteiger partial charge in [-0.3, -0.25) is 9.80 Å². The minimum Gasteiger partial charge on any atom is -0.460 e. The lowest BCUT2D eigenvalue weighted by molar-refractivity contribution is -0.157. The molecule has 52 heavy (non-hydrogen) atoms. The summed E-state index contributed by atoms with van der Waals surface area (Å²) in [6, 6.07) is 18.5. The Bertz CT molecular complexity index is 1650. The maximum absolute atomic E-state index is 13.1. The summed E-state index contributed by atoms with van der Waals surface area (Å²) < 4.78 is 11.6. The molecule has 6 rings (SSSR count). The zero-order chi connectivity index (χ0) is 37.4. The average molecular weight is 786 g/mol. The summed E-state index contributed by atoms with van der Waals surface area (Å²) in [4.78, 5) is 37.4. The number of thiophene rings is 2. The van der Waals surface area contributed by atoms with E-state index >= 15 is 0 Å². The standard InChI is InChI=1S/2C20H25ClN2O2S/c2*1-14(12-22(2)3)25-20(24)19(16-6-4-5-7-17(16)21)23-10-8-18-15(13-23)9-11-26-18/h2*4-7,9,11,14,19H,8,10,12-13H2,1-3H3/t14-,19+;14-,19-/m11/s1. The second-order valence-corrected chi connectivity index (χ2v) is 16.9. The van der Waals surface area contributed by atoms with Crippen LogP contribution in [0.1, 0.15) is 57.9 Å². The number of rotatable bonds is 12. The Morgan fingerprint density at radius 2 is 1.06 bits per heavy atom. The molecular weight excluding hydrogens is 736 g/mol. The van der Waals surface area contributed by atoms with Crippen molar-refractivity contribution in [3.8, 4) is 0 Å². The van der Waals surface area contributed by atoms with Crippen molar-refractivity contribution in [1.29, 1.82) is 0 Å². The first-order chi connectivity index (χ1) is 24.9. The van der Waals surface area contributed by atoms with Crippen molar-refractivity contribution < 1.29 is 19.1 Å². The minimum absolute atomic E-state index is 0.177. The van der Waals surface area contributed by atoms with Crippen molar-refractivity contribution in [1.82, 2.24) is 19.6 Å². The van der Waals surface area contributed by atoms with Crippen LogP contribution in [0.15, 0.2) is 71.4 Å². The van der Waals surface area contributed by atoms with Crippen LogP contribution in [0.25, 0.3) is 0 Å². The number of hydrogen-bond acceptors (Lipinski definition) is 10. The number of carbonyl (C=O) groups is 2. The molecule has 0 saturated carbocycles. The number of nitrogens with zero attached hydrogens (tertiary/aromatic N) is 4. The van der Waals surface area contributed by atoms with Gasteiger partial charge in [-0.2, -0.15) is 0 Å². The Kier molecular flexibility index (Phi) is 14.7. The van der Waals surface area contributed by atoms with E-state index in [0.29, 0.717) is 23.1 Å². The molecule has 2 aromatic heterocycles. The largest absolute Gasteiger partial charge is 0.460 e. The van der Waals surface area contributed by atoms with Gasteiger partial charge in [0.2, 0.25) is 0 Å². The average Bonchev–Trinajstić information content (AvgIpc) is 3.75. The molecule has 4 aromatic rings. The highest BCUT2D eigenvalue weighted by molar-refractivity contribution is 7.10. The van der Waals surface area contributed by atoms with Gasteiger partial charge in [0, 0.05) is 59.1 Å². The number of carbonyl (C=O) groups excluding carboxylic acids is 2. The summed E-state index contributed by atoms with van der Waals surface area (Å²) in [7, 11) is 7.88. The van der Waals surface area contributed by atoms with E-state index in [9.17, 15) is 9.59 Å². The van der Waals surface area contributed by atoms with Crippen LogP contribution >= 0.6 is 45.9 Å². The number of esters is 2. The molecular formula is C40H50Cl2N4O4S2. The molecule has 2 aromatic carbocycles. The first-order valence-corrected chi connectivity index (χ1v) is 20.2. The predicted molar refractivity (Wildman–Crippen MR) is 213 cm³/mol. The summed E-state index contributed by atoms with van der Waals surface area (Å²) in [6.45, 7) is 8.35. The van der Waals surface area contributed by atoms with Gasteiger partial charge in [0.1, 0.15) is 24.3 Å². The van der Waals surface area contributed by atoms with E-state index in [-0.39, 0.29) is 24.1 Å². The van der Waals surface area contributed by atoms with Crippen molar-refractivity contribution in [2.45, 2.75) is 64.1 Å². The Balaban J connectivity index is 0.000000201. The summed E-state index contributed by atoms with van der Waals surface area (Å²) in [5, 5.41) is 5.45. The van der Waals surface area contributed by atoms with Gasteiger partial charge < -0.3 is 19.3 Å². The zero-order valence-corrected chi connectivity index (χ0v) is 34.0. The summed E-state index contributed by atoms with van der Waals surface area (Å²) in [5.74, 6) is -0.461. The molecule has 8 nitrogen and oxygen atoms in total. The molecule has 4 heterocycles. The number of hydrogen-bond donors (Lipinski definition) is 0. The van der Waals surface area contributed by atoms with E-state index in [1.165, 1.54) is 20.9 Å². The minimum atomic E-state index is -0.485. The number of ether oxygens (including phenoxy) is 2. The van der Waals surface area contributed by atoms with Crippen molar-refractivity contribution in [2.75, 3.05) is 54.4 Å². The lowest BCUT2D eigenvalue weighted by Gasteiger charge is -2.34. The van der Waals surface area contributed by atoms with Crippen LogP contribution in [0.5, 0.6) is 0 Å². The second-order valence-electron chi connectivity index (χ2n) is 14.0. The Morgan fingerprint density at radius 3 is 1.42 bits per heavy atom. The molecule has 12 heteroatoms. The van der Waals surface area contributed by atoms with Gasteiger partial charge in [0.25, 0.3) is 0 Å². The molecule has 0 saturated heterocycles. The van der Waals surface area contributed by atoms with E-state index in [1.807, 2.05) is 100 Å². The maximum atomic E-state index is 13.1. The van der Waals surface area contributed by atoms with Gasteiger partial charge >= 0.3 is 11.9 Å². The summed E-state index contributed by atoms with van der Waals surface area (Å²) in [5.41, 5.74) is 4.23. The molecule has 280 valence electrons. The SMILES string of the molecule is C[C@H](CN(C)C)OC(=O)[C@@H](c1ccccc1Cl)N1CCc2sccc2C1.C[C@H](CN(C)C)OC(=O)[C@H](c1ccccc1Cl)N1CCc2sccc2C1. The predicted octanol–water partition coefficient (Wildman–Crippen LogP) is 7.99. The van der Waals surface area contributed by atoms with Crippen LogP contribution in [0, 0.1) is 0 Å². The topological polar surface area (TPSA) is 65.6 Å². The van der Waals surface area contributed by atoms with E-state index in [2.05, 4.69) is 32.7 Å². The van der Waals surface area contributed by atoms with Gasteiger partial charge in [0.05, 0.1) is 0 Å². The highest BCUT2D eigenvalue weighted by Gasteiger charge is 2.35. The van der Waals surface area contributed by atoms with Crippen molar-refractivity contribution in [2.24, 2.45) is 0 Å². The number of halogens is 2. The van der Waals surface area contributed by atoms with Crippen LogP contribution in [0.4, 0.5) is 0 Å². The number of fused-ring (bicyclic) bond motifs is 2. The number of benzene rings is 2. The molecule has 0 unspecified atom stereocenters. The molecule has 4 atom stereocenters. The summed E-state index contributed by atoms with van der Waals surface area (Å²) in [6.07, 6.45) is 1.55. The van der Waals surface area contributed by atoms with Crippen LogP contribution in [0.3, 0.4) is 0 Å². The zero-order valence-electron chi connectivity index (χ0n) is 30.9. The van der Waals surface area contributed by atoms with Crippen LogP contribution in [-0.4, -0.2) is 98.1 Å². The molecule has 2 aliphatic rings. The maximum Gasteiger partial charge on any atom is 0.328 e. The Morgan fingerprint density at radius 1 is 0.673 bits per heavy atom. The van der Waals surface area contributed by atoms with E-state index in [0.717, 1.165) is 50.1 Å². The molecule has 0 radical (unpaired) electrons. The fraction of sp³-hybridized carbons (Fsp3) is 0.450. The van der Waals surface area contributed by atoms with Gasteiger partial charge in [-0.05, 0) is 112 Å².